The minimum atomic E-state index is -1.01. The highest BCUT2D eigenvalue weighted by Crippen LogP contribution is 2.26. The molecule has 2 rings (SSSR count). The highest BCUT2D eigenvalue weighted by molar-refractivity contribution is 5.95. The van der Waals surface area contributed by atoms with Gasteiger partial charge in [-0.3, -0.25) is 9.59 Å². The van der Waals surface area contributed by atoms with E-state index in [1.165, 1.54) is 25.3 Å². The van der Waals surface area contributed by atoms with Gasteiger partial charge in [0.2, 0.25) is 0 Å². The van der Waals surface area contributed by atoms with E-state index in [4.69, 9.17) is 9.63 Å². The number of carbonyl (C=O) groups is 2. The minimum Gasteiger partial charge on any atom is -0.481 e. The molecule has 1 heterocycles. The number of hydrogen-bond acceptors (Lipinski definition) is 4. The Balaban J connectivity index is 2.23. The number of aliphatic carboxylic acids is 1. The van der Waals surface area contributed by atoms with Crippen molar-refractivity contribution in [1.29, 1.82) is 0 Å². The molecule has 1 amide bonds. The lowest BCUT2D eigenvalue weighted by Gasteiger charge is -2.10. The second-order valence-electron chi connectivity index (χ2n) is 5.59. The van der Waals surface area contributed by atoms with E-state index in [-0.39, 0.29) is 12.1 Å². The molecule has 6 nitrogen and oxygen atoms in total. The SMILES string of the molecule is CCCc1oncc1-c1cc(F)cc(C(=O)NC[C@@H](C)C(=O)O)c1. The number of hydrogen-bond donors (Lipinski definition) is 2. The second kappa shape index (κ2) is 7.72. The maximum absolute atomic E-state index is 13.9. The Labute approximate surface area is 138 Å². The Hall–Kier alpha value is -2.70. The predicted molar refractivity (Wildman–Crippen MR) is 85.0 cm³/mol. The van der Waals surface area contributed by atoms with Crippen molar-refractivity contribution in [3.05, 3.63) is 41.5 Å². The first-order valence-corrected chi connectivity index (χ1v) is 7.67. The van der Waals surface area contributed by atoms with Gasteiger partial charge in [-0.15, -0.1) is 0 Å². The number of nitrogens with zero attached hydrogens (tertiary/aromatic N) is 1. The van der Waals surface area contributed by atoms with Gasteiger partial charge < -0.3 is 14.9 Å². The van der Waals surface area contributed by atoms with Gasteiger partial charge in [-0.25, -0.2) is 4.39 Å². The number of nitrogens with one attached hydrogen (secondary N) is 1. The molecule has 1 aromatic heterocycles. The monoisotopic (exact) mass is 334 g/mol. The molecule has 0 bridgehead atoms. The van der Waals surface area contributed by atoms with Crippen molar-refractivity contribution in [3.8, 4) is 11.1 Å². The predicted octanol–water partition coefficient (Wildman–Crippen LogP) is 2.88. The second-order valence-corrected chi connectivity index (χ2v) is 5.59. The van der Waals surface area contributed by atoms with Crippen LogP contribution in [0.2, 0.25) is 0 Å². The van der Waals surface area contributed by atoms with Crippen LogP contribution in [0.15, 0.2) is 28.9 Å². The summed E-state index contributed by atoms with van der Waals surface area (Å²) in [6.07, 6.45) is 3.00. The van der Waals surface area contributed by atoms with Crippen LogP contribution < -0.4 is 5.32 Å². The Morgan fingerprint density at radius 2 is 2.12 bits per heavy atom. The molecule has 24 heavy (non-hydrogen) atoms. The molecule has 1 atom stereocenters. The van der Waals surface area contributed by atoms with Gasteiger partial charge >= 0.3 is 5.97 Å². The third kappa shape index (κ3) is 4.18. The van der Waals surface area contributed by atoms with Crippen LogP contribution in [0.4, 0.5) is 4.39 Å². The van der Waals surface area contributed by atoms with Gasteiger partial charge in [0.15, 0.2) is 0 Å². The van der Waals surface area contributed by atoms with E-state index in [2.05, 4.69) is 10.5 Å². The molecule has 0 saturated carbocycles. The molecular weight excluding hydrogens is 315 g/mol. The number of amides is 1. The van der Waals surface area contributed by atoms with Crippen LogP contribution in [0.3, 0.4) is 0 Å². The van der Waals surface area contributed by atoms with E-state index in [9.17, 15) is 14.0 Å². The topological polar surface area (TPSA) is 92.4 Å². The lowest BCUT2D eigenvalue weighted by Crippen LogP contribution is -2.31. The number of carboxylic acid groups (broad SMARTS) is 1. The summed E-state index contributed by atoms with van der Waals surface area (Å²) >= 11 is 0. The average molecular weight is 334 g/mol. The van der Waals surface area contributed by atoms with Crippen molar-refractivity contribution >= 4 is 11.9 Å². The normalized spacial score (nSPS) is 12.0. The van der Waals surface area contributed by atoms with Gasteiger partial charge in [0.25, 0.3) is 5.91 Å². The molecule has 2 aromatic rings. The molecular formula is C17H19FN2O4. The molecule has 0 aliphatic carbocycles. The molecule has 0 radical (unpaired) electrons. The largest absolute Gasteiger partial charge is 0.481 e. The maximum atomic E-state index is 13.9. The molecule has 0 fully saturated rings. The van der Waals surface area contributed by atoms with Crippen molar-refractivity contribution in [2.45, 2.75) is 26.7 Å². The van der Waals surface area contributed by atoms with E-state index in [0.717, 1.165) is 12.5 Å². The van der Waals surface area contributed by atoms with Crippen LogP contribution in [-0.2, 0) is 11.2 Å². The molecule has 1 aromatic carbocycles. The summed E-state index contributed by atoms with van der Waals surface area (Å²) in [5.74, 6) is -2.20. The summed E-state index contributed by atoms with van der Waals surface area (Å²) in [6, 6.07) is 3.95. The van der Waals surface area contributed by atoms with Crippen LogP contribution in [0, 0.1) is 11.7 Å². The third-order valence-electron chi connectivity index (χ3n) is 3.58. The number of rotatable bonds is 7. The number of aromatic nitrogens is 1. The maximum Gasteiger partial charge on any atom is 0.308 e. The van der Waals surface area contributed by atoms with E-state index in [1.54, 1.807) is 0 Å². The lowest BCUT2D eigenvalue weighted by molar-refractivity contribution is -0.140. The number of benzene rings is 1. The fourth-order valence-electron chi connectivity index (χ4n) is 2.22. The van der Waals surface area contributed by atoms with Gasteiger partial charge in [-0.1, -0.05) is 19.0 Å². The van der Waals surface area contributed by atoms with Gasteiger partial charge in [0.05, 0.1) is 12.1 Å². The Morgan fingerprint density at radius 3 is 2.79 bits per heavy atom. The minimum absolute atomic E-state index is 0.0334. The summed E-state index contributed by atoms with van der Waals surface area (Å²) in [5.41, 5.74) is 1.26. The van der Waals surface area contributed by atoms with Crippen molar-refractivity contribution in [3.63, 3.8) is 0 Å². The third-order valence-corrected chi connectivity index (χ3v) is 3.58. The van der Waals surface area contributed by atoms with Crippen molar-refractivity contribution in [2.75, 3.05) is 6.54 Å². The number of carboxylic acids is 1. The van der Waals surface area contributed by atoms with Crippen LogP contribution >= 0.6 is 0 Å². The van der Waals surface area contributed by atoms with Crippen molar-refractivity contribution in [2.24, 2.45) is 5.92 Å². The van der Waals surface area contributed by atoms with Gasteiger partial charge in [0.1, 0.15) is 11.6 Å². The van der Waals surface area contributed by atoms with Crippen LogP contribution in [0.5, 0.6) is 0 Å². The fraction of sp³-hybridized carbons (Fsp3) is 0.353. The first-order valence-electron chi connectivity index (χ1n) is 7.67. The van der Waals surface area contributed by atoms with Crippen LogP contribution in [-0.4, -0.2) is 28.7 Å². The first kappa shape index (κ1) is 17.7. The number of aryl methyl sites for hydroxylation is 1. The zero-order valence-electron chi connectivity index (χ0n) is 13.5. The molecule has 0 saturated heterocycles. The van der Waals surface area contributed by atoms with E-state index in [1.807, 2.05) is 6.92 Å². The summed E-state index contributed by atoms with van der Waals surface area (Å²) in [7, 11) is 0. The van der Waals surface area contributed by atoms with Gasteiger partial charge in [0, 0.05) is 24.1 Å². The molecule has 0 unspecified atom stereocenters. The standard InChI is InChI=1S/C17H19FN2O4/c1-3-4-15-14(9-20-24-15)11-5-12(7-13(18)6-11)16(21)19-8-10(2)17(22)23/h5-7,9-10H,3-4,8H2,1-2H3,(H,19,21)(H,22,23)/t10-/m1/s1. The molecule has 0 aliphatic rings. The quantitative estimate of drug-likeness (QED) is 0.812. The molecule has 7 heteroatoms. The van der Waals surface area contributed by atoms with E-state index < -0.39 is 23.6 Å². The summed E-state index contributed by atoms with van der Waals surface area (Å²) in [4.78, 5) is 22.9. The zero-order valence-corrected chi connectivity index (χ0v) is 13.5. The molecule has 0 spiro atoms. The first-order chi connectivity index (χ1) is 11.4. The van der Waals surface area contributed by atoms with Crippen molar-refractivity contribution in [1.82, 2.24) is 10.5 Å². The highest BCUT2D eigenvalue weighted by atomic mass is 19.1. The fourth-order valence-corrected chi connectivity index (χ4v) is 2.22. The highest BCUT2D eigenvalue weighted by Gasteiger charge is 2.16. The molecule has 2 N–H and O–H groups in total. The van der Waals surface area contributed by atoms with Gasteiger partial charge in [-0.05, 0) is 30.2 Å². The molecule has 0 aliphatic heterocycles. The van der Waals surface area contributed by atoms with Crippen LogP contribution in [0.1, 0.15) is 36.4 Å². The summed E-state index contributed by atoms with van der Waals surface area (Å²) in [6.45, 7) is 3.43. The smallest absolute Gasteiger partial charge is 0.308 e. The van der Waals surface area contributed by atoms with Crippen molar-refractivity contribution < 1.29 is 23.6 Å². The summed E-state index contributed by atoms with van der Waals surface area (Å²) < 4.78 is 19.1. The zero-order chi connectivity index (χ0) is 17.7. The lowest BCUT2D eigenvalue weighted by atomic mass is 10.0. The molecule has 128 valence electrons. The van der Waals surface area contributed by atoms with E-state index in [0.29, 0.717) is 23.3 Å². The van der Waals surface area contributed by atoms with Gasteiger partial charge in [-0.2, -0.15) is 0 Å². The number of carbonyl (C=O) groups excluding carboxylic acids is 1. The Morgan fingerprint density at radius 1 is 1.38 bits per heavy atom. The number of halogens is 1. The average Bonchev–Trinajstić information content (AvgIpc) is 3.00. The van der Waals surface area contributed by atoms with Crippen LogP contribution in [0.25, 0.3) is 11.1 Å². The summed E-state index contributed by atoms with van der Waals surface area (Å²) in [5, 5.41) is 15.1. The Bertz CT molecular complexity index is 742. The Kier molecular flexibility index (Phi) is 5.68. The van der Waals surface area contributed by atoms with E-state index >= 15 is 0 Å².